The molecule has 0 radical (unpaired) electrons. The lowest BCUT2D eigenvalue weighted by molar-refractivity contribution is -0.245. The van der Waals surface area contributed by atoms with Gasteiger partial charge in [0.1, 0.15) is 0 Å². The molecule has 3 heterocycles. The number of thioether (sulfide) groups is 1. The number of aliphatic hydroxyl groups is 1. The maximum atomic E-state index is 12.9. The molecule has 0 aliphatic carbocycles. The van der Waals surface area contributed by atoms with E-state index in [1.807, 2.05) is 91.0 Å². The average Bonchev–Trinajstić information content (AvgIpc) is 3.36. The largest absolute Gasteiger partial charge is 0.392 e. The minimum Gasteiger partial charge on any atom is -0.392 e. The van der Waals surface area contributed by atoms with E-state index in [0.29, 0.717) is 17.5 Å². The predicted molar refractivity (Wildman–Crippen MR) is 176 cm³/mol. The van der Waals surface area contributed by atoms with Crippen LogP contribution in [0.4, 0.5) is 0 Å². The minimum absolute atomic E-state index is 0.00109. The summed E-state index contributed by atoms with van der Waals surface area (Å²) in [5, 5.41) is 10.5. The normalized spacial score (nSPS) is 19.3. The number of rotatable bonds is 9. The molecule has 1 N–H and O–H groups in total. The highest BCUT2D eigenvalue weighted by Crippen LogP contribution is 2.40. The molecule has 2 amide bonds. The van der Waals surface area contributed by atoms with Gasteiger partial charge in [-0.15, -0.1) is 11.8 Å². The van der Waals surface area contributed by atoms with E-state index in [9.17, 15) is 14.7 Å². The van der Waals surface area contributed by atoms with Gasteiger partial charge in [0.05, 0.1) is 41.5 Å². The SMILES string of the molecule is O=C1c2ccccc2C(=O)N1Cc1cccc(-c2ccc([C@H]3O[C@@H](CSc4ccccn4)C[C@@H](c4ccc(CO)cc4)O3)cc2)c1. The first kappa shape index (κ1) is 30.1. The van der Waals surface area contributed by atoms with Crippen LogP contribution in [-0.2, 0) is 22.6 Å². The molecule has 0 spiro atoms. The van der Waals surface area contributed by atoms with E-state index in [1.54, 1.807) is 42.2 Å². The van der Waals surface area contributed by atoms with Crippen molar-refractivity contribution in [2.75, 3.05) is 5.75 Å². The molecule has 0 unspecified atom stereocenters. The van der Waals surface area contributed by atoms with E-state index >= 15 is 0 Å². The molecular formula is C38H32N2O5S. The quantitative estimate of drug-likeness (QED) is 0.135. The molecule has 7 rings (SSSR count). The van der Waals surface area contributed by atoms with Gasteiger partial charge in [-0.05, 0) is 58.1 Å². The number of carbonyl (C=O) groups is 2. The Balaban J connectivity index is 1.08. The number of amides is 2. The Bertz CT molecular complexity index is 1810. The van der Waals surface area contributed by atoms with Gasteiger partial charge in [0.15, 0.2) is 6.29 Å². The molecule has 0 saturated carbocycles. The minimum atomic E-state index is -0.556. The van der Waals surface area contributed by atoms with Crippen LogP contribution in [0.1, 0.15) is 61.8 Å². The van der Waals surface area contributed by atoms with E-state index in [4.69, 9.17) is 9.47 Å². The molecule has 46 heavy (non-hydrogen) atoms. The van der Waals surface area contributed by atoms with Crippen LogP contribution in [-0.4, -0.2) is 38.7 Å². The summed E-state index contributed by atoms with van der Waals surface area (Å²) in [7, 11) is 0. The van der Waals surface area contributed by atoms with E-state index in [2.05, 4.69) is 4.98 Å². The van der Waals surface area contributed by atoms with Gasteiger partial charge < -0.3 is 14.6 Å². The van der Waals surface area contributed by atoms with Crippen molar-refractivity contribution in [3.05, 3.63) is 155 Å². The second-order valence-electron chi connectivity index (χ2n) is 11.4. The van der Waals surface area contributed by atoms with Crippen molar-refractivity contribution in [1.82, 2.24) is 9.88 Å². The molecule has 5 aromatic rings. The summed E-state index contributed by atoms with van der Waals surface area (Å²) in [5.74, 6) is 0.213. The van der Waals surface area contributed by atoms with Crippen LogP contribution in [0.2, 0.25) is 0 Å². The molecule has 8 heteroatoms. The number of imide groups is 1. The zero-order valence-electron chi connectivity index (χ0n) is 25.0. The van der Waals surface area contributed by atoms with Gasteiger partial charge in [-0.25, -0.2) is 4.98 Å². The van der Waals surface area contributed by atoms with Crippen molar-refractivity contribution >= 4 is 23.6 Å². The summed E-state index contributed by atoms with van der Waals surface area (Å²) in [6.07, 6.45) is 1.71. The lowest BCUT2D eigenvalue weighted by Crippen LogP contribution is -2.31. The Labute approximate surface area is 271 Å². The van der Waals surface area contributed by atoms with Crippen LogP contribution < -0.4 is 0 Å². The molecular weight excluding hydrogens is 596 g/mol. The first-order chi connectivity index (χ1) is 22.6. The number of aromatic nitrogens is 1. The van der Waals surface area contributed by atoms with Crippen molar-refractivity contribution in [3.63, 3.8) is 0 Å². The van der Waals surface area contributed by atoms with Gasteiger partial charge in [-0.3, -0.25) is 14.5 Å². The number of fused-ring (bicyclic) bond motifs is 1. The van der Waals surface area contributed by atoms with Crippen molar-refractivity contribution < 1.29 is 24.2 Å². The maximum Gasteiger partial charge on any atom is 0.261 e. The topological polar surface area (TPSA) is 89.0 Å². The van der Waals surface area contributed by atoms with Crippen LogP contribution >= 0.6 is 11.8 Å². The summed E-state index contributed by atoms with van der Waals surface area (Å²) >= 11 is 1.67. The maximum absolute atomic E-state index is 12.9. The van der Waals surface area contributed by atoms with Crippen LogP contribution in [0.5, 0.6) is 0 Å². The molecule has 1 aromatic heterocycles. The molecule has 1 saturated heterocycles. The highest BCUT2D eigenvalue weighted by Gasteiger charge is 2.35. The molecule has 4 aromatic carbocycles. The second-order valence-corrected chi connectivity index (χ2v) is 12.4. The smallest absolute Gasteiger partial charge is 0.261 e. The summed E-state index contributed by atoms with van der Waals surface area (Å²) in [6, 6.07) is 36.8. The number of benzene rings is 4. The van der Waals surface area contributed by atoms with Crippen molar-refractivity contribution in [1.29, 1.82) is 0 Å². The van der Waals surface area contributed by atoms with E-state index in [0.717, 1.165) is 44.2 Å². The van der Waals surface area contributed by atoms with Crippen LogP contribution in [0.25, 0.3) is 11.1 Å². The summed E-state index contributed by atoms with van der Waals surface area (Å²) in [5.41, 5.74) is 6.58. The summed E-state index contributed by atoms with van der Waals surface area (Å²) < 4.78 is 13.0. The van der Waals surface area contributed by atoms with Crippen molar-refractivity contribution in [3.8, 4) is 11.1 Å². The molecule has 1 fully saturated rings. The molecule has 7 nitrogen and oxygen atoms in total. The third kappa shape index (κ3) is 6.38. The van der Waals surface area contributed by atoms with E-state index in [1.165, 1.54) is 4.90 Å². The average molecular weight is 629 g/mol. The van der Waals surface area contributed by atoms with Crippen molar-refractivity contribution in [2.45, 2.75) is 43.1 Å². The molecule has 3 atom stereocenters. The standard InChI is InChI=1S/C38H32N2O5S/c41-23-25-11-13-28(14-12-25)34-21-31(24-46-35-10-3-4-19-39-35)44-38(45-34)29-17-15-27(16-18-29)30-7-5-6-26(20-30)22-40-36(42)32-8-1-2-9-33(32)37(40)43/h1-20,31,34,38,41H,21-24H2/t31-,34+,38+/m1/s1. The zero-order valence-corrected chi connectivity index (χ0v) is 25.8. The zero-order chi connectivity index (χ0) is 31.5. The van der Waals surface area contributed by atoms with E-state index < -0.39 is 6.29 Å². The fraction of sp³-hybridized carbons (Fsp3) is 0.184. The fourth-order valence-corrected chi connectivity index (χ4v) is 6.76. The third-order valence-corrected chi connectivity index (χ3v) is 9.41. The second kappa shape index (κ2) is 13.4. The fourth-order valence-electron chi connectivity index (χ4n) is 5.88. The van der Waals surface area contributed by atoms with Crippen LogP contribution in [0.3, 0.4) is 0 Å². The predicted octanol–water partition coefficient (Wildman–Crippen LogP) is 7.37. The Morgan fingerprint density at radius 1 is 0.739 bits per heavy atom. The highest BCUT2D eigenvalue weighted by molar-refractivity contribution is 7.99. The molecule has 230 valence electrons. The first-order valence-corrected chi connectivity index (χ1v) is 16.2. The number of nitrogens with zero attached hydrogens (tertiary/aromatic N) is 2. The third-order valence-electron chi connectivity index (χ3n) is 8.33. The Morgan fingerprint density at radius 2 is 1.46 bits per heavy atom. The van der Waals surface area contributed by atoms with Gasteiger partial charge in [-0.2, -0.15) is 0 Å². The Morgan fingerprint density at radius 3 is 2.15 bits per heavy atom. The van der Waals surface area contributed by atoms with E-state index in [-0.39, 0.29) is 37.2 Å². The lowest BCUT2D eigenvalue weighted by Gasteiger charge is -2.36. The Hall–Kier alpha value is -4.60. The lowest BCUT2D eigenvalue weighted by atomic mass is 9.99. The van der Waals surface area contributed by atoms with Gasteiger partial charge in [0.2, 0.25) is 0 Å². The molecule has 0 bridgehead atoms. The molecule has 2 aliphatic rings. The number of carbonyl (C=O) groups excluding carboxylic acids is 2. The number of hydrogen-bond donors (Lipinski definition) is 1. The molecule has 2 aliphatic heterocycles. The Kier molecular flexibility index (Phi) is 8.76. The van der Waals surface area contributed by atoms with Crippen molar-refractivity contribution in [2.24, 2.45) is 0 Å². The summed E-state index contributed by atoms with van der Waals surface area (Å²) in [4.78, 5) is 31.5. The number of ether oxygens (including phenoxy) is 2. The summed E-state index contributed by atoms with van der Waals surface area (Å²) in [6.45, 7) is 0.208. The first-order valence-electron chi connectivity index (χ1n) is 15.2. The van der Waals surface area contributed by atoms with Crippen LogP contribution in [0.15, 0.2) is 126 Å². The van der Waals surface area contributed by atoms with Gasteiger partial charge in [-0.1, -0.05) is 84.9 Å². The number of aliphatic hydroxyl groups excluding tert-OH is 1. The highest BCUT2D eigenvalue weighted by atomic mass is 32.2. The monoisotopic (exact) mass is 628 g/mol. The van der Waals surface area contributed by atoms with Gasteiger partial charge >= 0.3 is 0 Å². The van der Waals surface area contributed by atoms with Gasteiger partial charge in [0, 0.05) is 23.9 Å². The number of hydrogen-bond acceptors (Lipinski definition) is 7. The van der Waals surface area contributed by atoms with Crippen LogP contribution in [0, 0.1) is 0 Å². The number of pyridine rings is 1. The van der Waals surface area contributed by atoms with Gasteiger partial charge in [0.25, 0.3) is 11.8 Å².